The van der Waals surface area contributed by atoms with E-state index in [2.05, 4.69) is 10.1 Å². The fraction of sp³-hybridized carbons (Fsp3) is 0.200. The Morgan fingerprint density at radius 1 is 1.09 bits per heavy atom. The van der Waals surface area contributed by atoms with E-state index < -0.39 is 5.97 Å². The maximum Gasteiger partial charge on any atom is 0.330 e. The van der Waals surface area contributed by atoms with Crippen molar-refractivity contribution in [3.8, 4) is 28.1 Å². The lowest BCUT2D eigenvalue weighted by Crippen LogP contribution is -2.02. The maximum atomic E-state index is 12.1. The van der Waals surface area contributed by atoms with Crippen molar-refractivity contribution >= 4 is 23.1 Å². The van der Waals surface area contributed by atoms with E-state index in [0.717, 1.165) is 39.0 Å². The molecular weight excluding hydrogens is 404 g/mol. The van der Waals surface area contributed by atoms with Crippen LogP contribution in [0.1, 0.15) is 19.4 Å². The first-order valence-corrected chi connectivity index (χ1v) is 10.4. The molecule has 0 aliphatic carbocycles. The van der Waals surface area contributed by atoms with E-state index in [1.165, 1.54) is 6.08 Å². The smallest absolute Gasteiger partial charge is 0.330 e. The highest BCUT2D eigenvalue weighted by Gasteiger charge is 2.20. The predicted molar refractivity (Wildman–Crippen MR) is 124 cm³/mol. The number of aryl methyl sites for hydroxylation is 1. The van der Waals surface area contributed by atoms with Gasteiger partial charge in [-0.2, -0.15) is 5.10 Å². The van der Waals surface area contributed by atoms with Gasteiger partial charge in [-0.1, -0.05) is 30.3 Å². The number of aromatic nitrogens is 4. The number of ether oxygens (including phenoxy) is 2. The molecule has 0 saturated heterocycles. The van der Waals surface area contributed by atoms with Gasteiger partial charge in [0.2, 0.25) is 0 Å². The minimum absolute atomic E-state index is 0.307. The zero-order valence-electron chi connectivity index (χ0n) is 18.3. The summed E-state index contributed by atoms with van der Waals surface area (Å²) < 4.78 is 12.4. The van der Waals surface area contributed by atoms with Crippen molar-refractivity contribution in [1.82, 2.24) is 19.7 Å². The minimum Gasteiger partial charge on any atom is -0.495 e. The van der Waals surface area contributed by atoms with Crippen LogP contribution in [0.5, 0.6) is 5.75 Å². The molecule has 0 saturated carbocycles. The number of carbonyl (C=O) groups excluding carboxylic acids is 1. The third-order valence-electron chi connectivity index (χ3n) is 5.08. The van der Waals surface area contributed by atoms with Gasteiger partial charge in [-0.3, -0.25) is 4.98 Å². The van der Waals surface area contributed by atoms with Gasteiger partial charge < -0.3 is 9.47 Å². The fourth-order valence-electron chi connectivity index (χ4n) is 3.63. The number of esters is 1. The van der Waals surface area contributed by atoms with Crippen LogP contribution in [0.15, 0.2) is 61.1 Å². The Morgan fingerprint density at radius 2 is 1.91 bits per heavy atom. The highest BCUT2D eigenvalue weighted by molar-refractivity contribution is 6.02. The van der Waals surface area contributed by atoms with Crippen molar-refractivity contribution in [2.24, 2.45) is 0 Å². The van der Waals surface area contributed by atoms with Gasteiger partial charge in [0.1, 0.15) is 5.75 Å². The molecule has 0 N–H and O–H groups in total. The molecule has 0 bridgehead atoms. The van der Waals surface area contributed by atoms with Crippen molar-refractivity contribution in [2.45, 2.75) is 20.4 Å². The van der Waals surface area contributed by atoms with E-state index in [4.69, 9.17) is 14.5 Å². The molecule has 0 amide bonds. The average molecular weight is 428 g/mol. The highest BCUT2D eigenvalue weighted by Crippen LogP contribution is 2.38. The molecule has 162 valence electrons. The molecule has 4 aromatic rings. The lowest BCUT2D eigenvalue weighted by Gasteiger charge is -2.15. The molecule has 0 unspecified atom stereocenters. The Labute approximate surface area is 186 Å². The Bertz CT molecular complexity index is 1280. The van der Waals surface area contributed by atoms with E-state index in [0.29, 0.717) is 18.9 Å². The van der Waals surface area contributed by atoms with Crippen LogP contribution in [0.3, 0.4) is 0 Å². The largest absolute Gasteiger partial charge is 0.495 e. The summed E-state index contributed by atoms with van der Waals surface area (Å²) in [7, 11) is 1.61. The minimum atomic E-state index is -0.412. The third kappa shape index (κ3) is 4.09. The number of rotatable bonds is 7. The molecule has 0 atom stereocenters. The summed E-state index contributed by atoms with van der Waals surface area (Å²) in [5, 5.41) is 5.40. The lowest BCUT2D eigenvalue weighted by molar-refractivity contribution is -0.137. The Balaban J connectivity index is 2.08. The number of nitrogens with zero attached hydrogens (tertiary/aromatic N) is 4. The molecule has 0 aliphatic rings. The Kier molecular flexibility index (Phi) is 6.26. The number of carbonyl (C=O) groups is 1. The van der Waals surface area contributed by atoms with Crippen LogP contribution in [0.2, 0.25) is 0 Å². The number of methoxy groups -OCH3 is 1. The molecule has 7 nitrogen and oxygen atoms in total. The summed E-state index contributed by atoms with van der Waals surface area (Å²) in [6.07, 6.45) is 8.42. The molecule has 0 spiro atoms. The van der Waals surface area contributed by atoms with Crippen molar-refractivity contribution in [1.29, 1.82) is 0 Å². The van der Waals surface area contributed by atoms with E-state index in [-0.39, 0.29) is 0 Å². The van der Waals surface area contributed by atoms with Crippen LogP contribution in [-0.4, -0.2) is 39.4 Å². The number of pyridine rings is 2. The fourth-order valence-corrected chi connectivity index (χ4v) is 3.63. The van der Waals surface area contributed by atoms with Gasteiger partial charge in [0.15, 0.2) is 5.65 Å². The summed E-state index contributed by atoms with van der Waals surface area (Å²) in [5.74, 6) is 0.225. The molecule has 0 radical (unpaired) electrons. The topological polar surface area (TPSA) is 79.1 Å². The number of benzene rings is 1. The first-order chi connectivity index (χ1) is 15.7. The van der Waals surface area contributed by atoms with Gasteiger partial charge in [-0.05, 0) is 26.0 Å². The zero-order chi connectivity index (χ0) is 22.5. The second-order valence-electron chi connectivity index (χ2n) is 7.01. The van der Waals surface area contributed by atoms with Crippen LogP contribution >= 0.6 is 0 Å². The maximum absolute atomic E-state index is 12.1. The second kappa shape index (κ2) is 9.43. The van der Waals surface area contributed by atoms with E-state index in [9.17, 15) is 4.79 Å². The van der Waals surface area contributed by atoms with Crippen LogP contribution in [0.25, 0.3) is 39.5 Å². The first kappa shape index (κ1) is 21.2. The number of hydrogen-bond donors (Lipinski definition) is 0. The van der Waals surface area contributed by atoms with Crippen LogP contribution in [-0.2, 0) is 16.1 Å². The Morgan fingerprint density at radius 3 is 2.62 bits per heavy atom. The standard InChI is InChI=1S/C25H24N4O3/c1-4-29-25-21(16-27-29)23(18-13-19(31-3)15-26-14-18)20(11-12-22(30)32-5-2)24(28-25)17-9-7-6-8-10-17/h6-16H,4-5H2,1-3H3. The van der Waals surface area contributed by atoms with E-state index >= 15 is 0 Å². The molecular formula is C25H24N4O3. The molecule has 1 aromatic carbocycles. The Hall–Kier alpha value is -4.00. The number of fused-ring (bicyclic) bond motifs is 1. The van der Waals surface area contributed by atoms with Crippen LogP contribution in [0.4, 0.5) is 0 Å². The van der Waals surface area contributed by atoms with Gasteiger partial charge in [0.25, 0.3) is 0 Å². The van der Waals surface area contributed by atoms with Gasteiger partial charge in [-0.15, -0.1) is 0 Å². The molecule has 7 heteroatoms. The summed E-state index contributed by atoms with van der Waals surface area (Å²) in [6.45, 7) is 4.79. The third-order valence-corrected chi connectivity index (χ3v) is 5.08. The van der Waals surface area contributed by atoms with Gasteiger partial charge in [0.05, 0.1) is 31.8 Å². The van der Waals surface area contributed by atoms with Crippen LogP contribution < -0.4 is 4.74 Å². The molecule has 32 heavy (non-hydrogen) atoms. The van der Waals surface area contributed by atoms with E-state index in [1.807, 2.05) is 48.0 Å². The second-order valence-corrected chi connectivity index (χ2v) is 7.01. The molecule has 0 fully saturated rings. The summed E-state index contributed by atoms with van der Waals surface area (Å²) >= 11 is 0. The molecule has 3 aromatic heterocycles. The van der Waals surface area contributed by atoms with Crippen molar-refractivity contribution < 1.29 is 14.3 Å². The summed E-state index contributed by atoms with van der Waals surface area (Å²) in [5.41, 5.74) is 4.93. The normalized spacial score (nSPS) is 11.2. The van der Waals surface area contributed by atoms with Crippen molar-refractivity contribution in [3.05, 3.63) is 66.6 Å². The molecule has 0 aliphatic heterocycles. The van der Waals surface area contributed by atoms with Gasteiger partial charge >= 0.3 is 5.97 Å². The predicted octanol–water partition coefficient (Wildman–Crippen LogP) is 4.77. The molecule has 4 rings (SSSR count). The van der Waals surface area contributed by atoms with Crippen molar-refractivity contribution in [3.63, 3.8) is 0 Å². The first-order valence-electron chi connectivity index (χ1n) is 10.4. The molecule has 3 heterocycles. The van der Waals surface area contributed by atoms with Gasteiger partial charge in [0, 0.05) is 46.5 Å². The monoisotopic (exact) mass is 428 g/mol. The number of hydrogen-bond acceptors (Lipinski definition) is 6. The average Bonchev–Trinajstić information content (AvgIpc) is 3.25. The quantitative estimate of drug-likeness (QED) is 0.312. The SMILES string of the molecule is CCOC(=O)C=Cc1c(-c2ccccc2)nc2c(cnn2CC)c1-c1cncc(OC)c1. The lowest BCUT2D eigenvalue weighted by atomic mass is 9.94. The van der Waals surface area contributed by atoms with Crippen molar-refractivity contribution in [2.75, 3.05) is 13.7 Å². The van der Waals surface area contributed by atoms with Gasteiger partial charge in [-0.25, -0.2) is 14.5 Å². The summed E-state index contributed by atoms with van der Waals surface area (Å²) in [6, 6.07) is 11.8. The highest BCUT2D eigenvalue weighted by atomic mass is 16.5. The zero-order valence-corrected chi connectivity index (χ0v) is 18.3. The van der Waals surface area contributed by atoms with E-state index in [1.54, 1.807) is 38.7 Å². The summed E-state index contributed by atoms with van der Waals surface area (Å²) in [4.78, 5) is 21.5. The van der Waals surface area contributed by atoms with Crippen LogP contribution in [0, 0.1) is 0 Å².